The quantitative estimate of drug-likeness (QED) is 0.827. The summed E-state index contributed by atoms with van der Waals surface area (Å²) in [6.45, 7) is 5.90. The number of nitrogens with one attached hydrogen (secondary N) is 1. The highest BCUT2D eigenvalue weighted by molar-refractivity contribution is 5.62. The molecule has 0 heterocycles. The fourth-order valence-electron chi connectivity index (χ4n) is 1.50. The topological polar surface area (TPSA) is 50.7 Å². The van der Waals surface area contributed by atoms with Crippen LogP contribution >= 0.6 is 0 Å². The molecule has 0 aliphatic carbocycles. The van der Waals surface area contributed by atoms with Crippen LogP contribution < -0.4 is 14.8 Å². The normalized spacial score (nSPS) is 11.2. The van der Waals surface area contributed by atoms with E-state index in [0.717, 1.165) is 22.7 Å². The van der Waals surface area contributed by atoms with E-state index in [-0.39, 0.29) is 0 Å². The van der Waals surface area contributed by atoms with Crippen LogP contribution in [-0.4, -0.2) is 31.5 Å². The first kappa shape index (κ1) is 13.6. The van der Waals surface area contributed by atoms with E-state index < -0.39 is 5.60 Å². The minimum Gasteiger partial charge on any atom is -0.496 e. The lowest BCUT2D eigenvalue weighted by molar-refractivity contribution is 0.0944. The molecule has 0 unspecified atom stereocenters. The molecule has 0 spiro atoms. The summed E-state index contributed by atoms with van der Waals surface area (Å²) >= 11 is 0. The van der Waals surface area contributed by atoms with Gasteiger partial charge >= 0.3 is 0 Å². The lowest BCUT2D eigenvalue weighted by Crippen LogP contribution is -2.29. The Labute approximate surface area is 103 Å². The monoisotopic (exact) mass is 239 g/mol. The molecule has 0 bridgehead atoms. The van der Waals surface area contributed by atoms with Crippen LogP contribution in [0.5, 0.6) is 11.5 Å². The first-order valence-corrected chi connectivity index (χ1v) is 5.56. The maximum Gasteiger partial charge on any atom is 0.142 e. The van der Waals surface area contributed by atoms with Gasteiger partial charge < -0.3 is 19.9 Å². The summed E-state index contributed by atoms with van der Waals surface area (Å²) in [6.07, 6.45) is 0. The van der Waals surface area contributed by atoms with Gasteiger partial charge in [0.1, 0.15) is 11.5 Å². The van der Waals surface area contributed by atoms with E-state index in [0.29, 0.717) is 6.54 Å². The molecule has 4 nitrogen and oxygen atoms in total. The van der Waals surface area contributed by atoms with Gasteiger partial charge in [-0.3, -0.25) is 0 Å². The lowest BCUT2D eigenvalue weighted by Gasteiger charge is -2.20. The summed E-state index contributed by atoms with van der Waals surface area (Å²) in [6, 6.07) is 3.78. The number of rotatable bonds is 5. The van der Waals surface area contributed by atoms with E-state index in [1.807, 2.05) is 19.1 Å². The van der Waals surface area contributed by atoms with Gasteiger partial charge in [-0.25, -0.2) is 0 Å². The Morgan fingerprint density at radius 1 is 1.18 bits per heavy atom. The van der Waals surface area contributed by atoms with Crippen LogP contribution in [0.2, 0.25) is 0 Å². The van der Waals surface area contributed by atoms with Crippen molar-refractivity contribution < 1.29 is 14.6 Å². The summed E-state index contributed by atoms with van der Waals surface area (Å²) < 4.78 is 10.6. The van der Waals surface area contributed by atoms with E-state index in [1.54, 1.807) is 28.1 Å². The Balaban J connectivity index is 2.96. The van der Waals surface area contributed by atoms with Gasteiger partial charge in [-0.1, -0.05) is 0 Å². The molecule has 0 atom stereocenters. The average molecular weight is 239 g/mol. The van der Waals surface area contributed by atoms with Gasteiger partial charge in [0.2, 0.25) is 0 Å². The fraction of sp³-hybridized carbons (Fsp3) is 0.538. The molecule has 0 aliphatic rings. The average Bonchev–Trinajstić information content (AvgIpc) is 2.25. The molecular weight excluding hydrogens is 218 g/mol. The highest BCUT2D eigenvalue weighted by Gasteiger charge is 2.14. The number of benzene rings is 1. The maximum atomic E-state index is 9.69. The second-order valence-electron chi connectivity index (χ2n) is 4.69. The molecular formula is C13H21NO3. The molecule has 17 heavy (non-hydrogen) atoms. The third-order valence-corrected chi connectivity index (χ3v) is 2.43. The van der Waals surface area contributed by atoms with Gasteiger partial charge in [0, 0.05) is 12.6 Å². The molecule has 1 aromatic carbocycles. The number of anilines is 1. The Kier molecular flexibility index (Phi) is 4.23. The number of hydrogen-bond donors (Lipinski definition) is 2. The molecule has 0 saturated carbocycles. The van der Waals surface area contributed by atoms with Crippen molar-refractivity contribution in [2.75, 3.05) is 26.1 Å². The Morgan fingerprint density at radius 3 is 2.24 bits per heavy atom. The molecule has 0 fully saturated rings. The van der Waals surface area contributed by atoms with Crippen molar-refractivity contribution in [2.45, 2.75) is 26.4 Å². The van der Waals surface area contributed by atoms with Gasteiger partial charge in [-0.15, -0.1) is 0 Å². The largest absolute Gasteiger partial charge is 0.496 e. The van der Waals surface area contributed by atoms with Gasteiger partial charge in [0.25, 0.3) is 0 Å². The smallest absolute Gasteiger partial charge is 0.142 e. The van der Waals surface area contributed by atoms with E-state index in [4.69, 9.17) is 9.47 Å². The fourth-order valence-corrected chi connectivity index (χ4v) is 1.50. The zero-order chi connectivity index (χ0) is 13.1. The van der Waals surface area contributed by atoms with Crippen molar-refractivity contribution in [3.8, 4) is 11.5 Å². The molecule has 0 saturated heterocycles. The van der Waals surface area contributed by atoms with Crippen LogP contribution in [0.3, 0.4) is 0 Å². The van der Waals surface area contributed by atoms with Crippen molar-refractivity contribution in [1.29, 1.82) is 0 Å². The number of ether oxygens (including phenoxy) is 2. The van der Waals surface area contributed by atoms with E-state index in [9.17, 15) is 5.11 Å². The van der Waals surface area contributed by atoms with E-state index in [1.165, 1.54) is 0 Å². The van der Waals surface area contributed by atoms with Crippen molar-refractivity contribution in [3.63, 3.8) is 0 Å². The zero-order valence-electron chi connectivity index (χ0n) is 11.1. The molecule has 0 aromatic heterocycles. The van der Waals surface area contributed by atoms with Crippen molar-refractivity contribution in [2.24, 2.45) is 0 Å². The van der Waals surface area contributed by atoms with E-state index in [2.05, 4.69) is 5.32 Å². The number of aliphatic hydroxyl groups is 1. The molecule has 1 aromatic rings. The predicted molar refractivity (Wildman–Crippen MR) is 69.1 cm³/mol. The number of hydrogen-bond acceptors (Lipinski definition) is 4. The van der Waals surface area contributed by atoms with Crippen LogP contribution in [0.4, 0.5) is 5.69 Å². The number of aryl methyl sites for hydroxylation is 1. The molecule has 96 valence electrons. The first-order valence-electron chi connectivity index (χ1n) is 5.56. The minimum absolute atomic E-state index is 0.440. The summed E-state index contributed by atoms with van der Waals surface area (Å²) in [5, 5.41) is 12.8. The molecule has 4 heteroatoms. The molecule has 2 N–H and O–H groups in total. The van der Waals surface area contributed by atoms with Crippen LogP contribution in [0.1, 0.15) is 19.4 Å². The standard InChI is InChI=1S/C13H21NO3/c1-9-6-12(17-5)10(7-11(9)16-4)14-8-13(2,3)15/h6-7,14-15H,8H2,1-5H3. The maximum absolute atomic E-state index is 9.69. The summed E-state index contributed by atoms with van der Waals surface area (Å²) in [4.78, 5) is 0. The van der Waals surface area contributed by atoms with Crippen molar-refractivity contribution in [3.05, 3.63) is 17.7 Å². The van der Waals surface area contributed by atoms with Crippen molar-refractivity contribution in [1.82, 2.24) is 0 Å². The molecule has 0 amide bonds. The second kappa shape index (κ2) is 5.27. The predicted octanol–water partition coefficient (Wildman–Crippen LogP) is 2.20. The van der Waals surface area contributed by atoms with Crippen LogP contribution in [0, 0.1) is 6.92 Å². The highest BCUT2D eigenvalue weighted by atomic mass is 16.5. The number of methoxy groups -OCH3 is 2. The summed E-state index contributed by atoms with van der Waals surface area (Å²) in [7, 11) is 3.26. The molecule has 1 rings (SSSR count). The second-order valence-corrected chi connectivity index (χ2v) is 4.69. The Bertz CT molecular complexity index is 383. The van der Waals surface area contributed by atoms with Gasteiger partial charge in [0.05, 0.1) is 25.5 Å². The van der Waals surface area contributed by atoms with E-state index >= 15 is 0 Å². The third-order valence-electron chi connectivity index (χ3n) is 2.43. The van der Waals surface area contributed by atoms with Crippen LogP contribution in [0.25, 0.3) is 0 Å². The van der Waals surface area contributed by atoms with Gasteiger partial charge in [0.15, 0.2) is 0 Å². The van der Waals surface area contributed by atoms with Gasteiger partial charge in [-0.05, 0) is 32.4 Å². The lowest BCUT2D eigenvalue weighted by atomic mass is 10.1. The summed E-state index contributed by atoms with van der Waals surface area (Å²) in [5.74, 6) is 1.54. The van der Waals surface area contributed by atoms with Crippen LogP contribution in [0.15, 0.2) is 12.1 Å². The minimum atomic E-state index is -0.775. The molecule has 0 radical (unpaired) electrons. The Hall–Kier alpha value is -1.42. The van der Waals surface area contributed by atoms with Crippen molar-refractivity contribution >= 4 is 5.69 Å². The zero-order valence-corrected chi connectivity index (χ0v) is 11.1. The molecule has 0 aliphatic heterocycles. The van der Waals surface area contributed by atoms with Gasteiger partial charge in [-0.2, -0.15) is 0 Å². The SMILES string of the molecule is COc1cc(NCC(C)(C)O)c(OC)cc1C. The first-order chi connectivity index (χ1) is 7.87. The highest BCUT2D eigenvalue weighted by Crippen LogP contribution is 2.32. The third kappa shape index (κ3) is 3.82. The Morgan fingerprint density at radius 2 is 1.76 bits per heavy atom. The summed E-state index contributed by atoms with van der Waals surface area (Å²) in [5.41, 5.74) is 1.05. The van der Waals surface area contributed by atoms with Crippen LogP contribution in [-0.2, 0) is 0 Å².